The average molecular weight is 375 g/mol. The number of rotatable bonds is 6. The number of halogens is 1. The molecule has 1 N–H and O–H groups in total. The number of amides is 1. The van der Waals surface area contributed by atoms with Crippen LogP contribution in [-0.4, -0.2) is 18.7 Å². The monoisotopic (exact) mass is 374 g/mol. The lowest BCUT2D eigenvalue weighted by atomic mass is 10.2. The number of nitrogens with one attached hydrogen (secondary N) is 1. The Kier molecular flexibility index (Phi) is 6.35. The molecule has 1 amide bonds. The number of hydrazone groups is 1. The van der Waals surface area contributed by atoms with E-state index >= 15 is 0 Å². The summed E-state index contributed by atoms with van der Waals surface area (Å²) in [7, 11) is 0. The maximum absolute atomic E-state index is 12.0. The van der Waals surface area contributed by atoms with E-state index in [2.05, 4.69) is 40.3 Å². The molecule has 0 spiro atoms. The predicted molar refractivity (Wildman–Crippen MR) is 96.0 cm³/mol. The Balaban J connectivity index is 1.89. The van der Waals surface area contributed by atoms with E-state index in [0.29, 0.717) is 18.1 Å². The highest BCUT2D eigenvalue weighted by Crippen LogP contribution is 2.13. The minimum Gasteiger partial charge on any atom is -0.493 e. The Morgan fingerprint density at radius 2 is 1.83 bits per heavy atom. The van der Waals surface area contributed by atoms with Gasteiger partial charge in [0, 0.05) is 10.0 Å². The number of benzene rings is 2. The van der Waals surface area contributed by atoms with Crippen molar-refractivity contribution in [2.24, 2.45) is 11.0 Å². The van der Waals surface area contributed by atoms with Crippen LogP contribution in [-0.2, 0) is 0 Å². The van der Waals surface area contributed by atoms with Gasteiger partial charge < -0.3 is 4.74 Å². The molecule has 0 aromatic heterocycles. The smallest absolute Gasteiger partial charge is 0.271 e. The van der Waals surface area contributed by atoms with E-state index in [1.54, 1.807) is 30.5 Å². The summed E-state index contributed by atoms with van der Waals surface area (Å²) in [6.45, 7) is 4.83. The molecule has 0 fully saturated rings. The van der Waals surface area contributed by atoms with E-state index in [9.17, 15) is 4.79 Å². The van der Waals surface area contributed by atoms with Crippen molar-refractivity contribution in [3.8, 4) is 5.75 Å². The normalized spacial score (nSPS) is 11.0. The van der Waals surface area contributed by atoms with Crippen LogP contribution in [0.5, 0.6) is 5.75 Å². The molecule has 120 valence electrons. The molecule has 0 unspecified atom stereocenters. The van der Waals surface area contributed by atoms with Gasteiger partial charge >= 0.3 is 0 Å². The molecule has 0 bridgehead atoms. The van der Waals surface area contributed by atoms with Crippen molar-refractivity contribution in [1.29, 1.82) is 0 Å². The van der Waals surface area contributed by atoms with E-state index in [1.165, 1.54) is 0 Å². The second kappa shape index (κ2) is 8.48. The van der Waals surface area contributed by atoms with Crippen molar-refractivity contribution in [2.75, 3.05) is 6.61 Å². The lowest BCUT2D eigenvalue weighted by Crippen LogP contribution is -2.17. The summed E-state index contributed by atoms with van der Waals surface area (Å²) >= 11 is 3.37. The van der Waals surface area contributed by atoms with Gasteiger partial charge in [-0.2, -0.15) is 5.10 Å². The van der Waals surface area contributed by atoms with Gasteiger partial charge in [-0.05, 0) is 47.9 Å². The van der Waals surface area contributed by atoms with E-state index in [1.807, 2.05) is 24.3 Å². The van der Waals surface area contributed by atoms with Crippen molar-refractivity contribution in [3.05, 3.63) is 64.1 Å². The summed E-state index contributed by atoms with van der Waals surface area (Å²) in [6.07, 6.45) is 1.60. The Labute approximate surface area is 144 Å². The number of carbonyl (C=O) groups is 1. The molecule has 4 nitrogen and oxygen atoms in total. The molecule has 0 aliphatic rings. The van der Waals surface area contributed by atoms with Crippen LogP contribution in [0.15, 0.2) is 58.1 Å². The maximum Gasteiger partial charge on any atom is 0.271 e. The van der Waals surface area contributed by atoms with E-state index in [4.69, 9.17) is 4.74 Å². The van der Waals surface area contributed by atoms with E-state index in [-0.39, 0.29) is 5.91 Å². The third-order valence-corrected chi connectivity index (χ3v) is 3.48. The van der Waals surface area contributed by atoms with Gasteiger partial charge in [-0.15, -0.1) is 0 Å². The highest BCUT2D eigenvalue weighted by atomic mass is 79.9. The minimum atomic E-state index is -0.256. The average Bonchev–Trinajstić information content (AvgIpc) is 2.55. The Bertz CT molecular complexity index is 664. The van der Waals surface area contributed by atoms with Gasteiger partial charge in [-0.3, -0.25) is 4.79 Å². The molecule has 0 saturated carbocycles. The summed E-state index contributed by atoms with van der Waals surface area (Å²) in [5, 5.41) is 3.96. The van der Waals surface area contributed by atoms with Gasteiger partial charge in [0.15, 0.2) is 0 Å². The standard InChI is InChI=1S/C18H19BrN2O2/c1-13(2)12-23-17-9-5-15(6-10-17)18(22)21-20-11-14-3-7-16(19)8-4-14/h3-11,13H,12H2,1-2H3,(H,21,22). The third-order valence-electron chi connectivity index (χ3n) is 2.95. The molecule has 2 aromatic rings. The van der Waals surface area contributed by atoms with Crippen molar-refractivity contribution >= 4 is 28.1 Å². The third kappa shape index (κ3) is 5.87. The van der Waals surface area contributed by atoms with Crippen LogP contribution in [0.3, 0.4) is 0 Å². The van der Waals surface area contributed by atoms with Gasteiger partial charge in [0.2, 0.25) is 0 Å². The summed E-state index contributed by atoms with van der Waals surface area (Å²) in [5.41, 5.74) is 3.95. The molecule has 0 saturated heterocycles. The van der Waals surface area contributed by atoms with Gasteiger partial charge in [0.05, 0.1) is 12.8 Å². The van der Waals surface area contributed by atoms with Crippen molar-refractivity contribution < 1.29 is 9.53 Å². The first-order valence-corrected chi connectivity index (χ1v) is 8.16. The molecule has 2 aromatic carbocycles. The van der Waals surface area contributed by atoms with Crippen LogP contribution < -0.4 is 10.2 Å². The van der Waals surface area contributed by atoms with E-state index < -0.39 is 0 Å². The van der Waals surface area contributed by atoms with Gasteiger partial charge in [-0.25, -0.2) is 5.43 Å². The predicted octanol–water partition coefficient (Wildman–Crippen LogP) is 4.25. The number of carbonyl (C=O) groups excluding carboxylic acids is 1. The fourth-order valence-electron chi connectivity index (χ4n) is 1.74. The maximum atomic E-state index is 12.0. The molecule has 5 heteroatoms. The summed E-state index contributed by atoms with van der Waals surface area (Å²) in [5.74, 6) is 0.966. The summed E-state index contributed by atoms with van der Waals surface area (Å²) in [6, 6.07) is 14.7. The minimum absolute atomic E-state index is 0.256. The van der Waals surface area contributed by atoms with Gasteiger partial charge in [0.1, 0.15) is 5.75 Å². The second-order valence-corrected chi connectivity index (χ2v) is 6.40. The van der Waals surface area contributed by atoms with Crippen LogP contribution in [0.2, 0.25) is 0 Å². The molecule has 0 atom stereocenters. The number of ether oxygens (including phenoxy) is 1. The van der Waals surface area contributed by atoms with Crippen LogP contribution >= 0.6 is 15.9 Å². The van der Waals surface area contributed by atoms with Crippen LogP contribution in [0, 0.1) is 5.92 Å². The van der Waals surface area contributed by atoms with Crippen molar-refractivity contribution in [1.82, 2.24) is 5.43 Å². The molecule has 0 aliphatic heterocycles. The number of nitrogens with zero attached hydrogens (tertiary/aromatic N) is 1. The molecule has 0 aliphatic carbocycles. The van der Waals surface area contributed by atoms with Crippen LogP contribution in [0.1, 0.15) is 29.8 Å². The summed E-state index contributed by atoms with van der Waals surface area (Å²) in [4.78, 5) is 12.0. The Morgan fingerprint density at radius 3 is 2.43 bits per heavy atom. The lowest BCUT2D eigenvalue weighted by molar-refractivity contribution is 0.0955. The molecule has 0 heterocycles. The first kappa shape index (κ1) is 17.2. The number of hydrogen-bond acceptors (Lipinski definition) is 3. The zero-order chi connectivity index (χ0) is 16.7. The lowest BCUT2D eigenvalue weighted by Gasteiger charge is -2.08. The first-order valence-electron chi connectivity index (χ1n) is 7.36. The highest BCUT2D eigenvalue weighted by molar-refractivity contribution is 9.10. The van der Waals surface area contributed by atoms with Crippen LogP contribution in [0.25, 0.3) is 0 Å². The number of hydrogen-bond donors (Lipinski definition) is 1. The molecular weight excluding hydrogens is 356 g/mol. The topological polar surface area (TPSA) is 50.7 Å². The SMILES string of the molecule is CC(C)COc1ccc(C(=O)NN=Cc2ccc(Br)cc2)cc1. The quantitative estimate of drug-likeness (QED) is 0.606. The molecule has 2 rings (SSSR count). The summed E-state index contributed by atoms with van der Waals surface area (Å²) < 4.78 is 6.58. The highest BCUT2D eigenvalue weighted by Gasteiger charge is 2.04. The largest absolute Gasteiger partial charge is 0.493 e. The Morgan fingerprint density at radius 1 is 1.17 bits per heavy atom. The van der Waals surface area contributed by atoms with Gasteiger partial charge in [0.25, 0.3) is 5.91 Å². The fourth-order valence-corrected chi connectivity index (χ4v) is 2.01. The molecular formula is C18H19BrN2O2. The van der Waals surface area contributed by atoms with Gasteiger partial charge in [-0.1, -0.05) is 41.9 Å². The Hall–Kier alpha value is -2.14. The van der Waals surface area contributed by atoms with Crippen molar-refractivity contribution in [2.45, 2.75) is 13.8 Å². The zero-order valence-electron chi connectivity index (χ0n) is 13.1. The molecule has 0 radical (unpaired) electrons. The first-order chi connectivity index (χ1) is 11.0. The fraction of sp³-hybridized carbons (Fsp3) is 0.222. The van der Waals surface area contributed by atoms with Crippen molar-refractivity contribution in [3.63, 3.8) is 0 Å². The second-order valence-electron chi connectivity index (χ2n) is 5.48. The van der Waals surface area contributed by atoms with E-state index in [0.717, 1.165) is 15.8 Å². The molecule has 23 heavy (non-hydrogen) atoms. The zero-order valence-corrected chi connectivity index (χ0v) is 14.7. The van der Waals surface area contributed by atoms with Crippen LogP contribution in [0.4, 0.5) is 0 Å².